The lowest BCUT2D eigenvalue weighted by Crippen LogP contribution is -2.40. The molecule has 1 N–H and O–H groups in total. The summed E-state index contributed by atoms with van der Waals surface area (Å²) in [7, 11) is 5.96. The van der Waals surface area contributed by atoms with Crippen molar-refractivity contribution < 1.29 is 42.9 Å². The molecule has 0 bridgehead atoms. The number of rotatable bonds is 64. The van der Waals surface area contributed by atoms with Crippen LogP contribution in [0.1, 0.15) is 328 Å². The smallest absolute Gasteiger partial charge is 0.361 e. The number of allylic oxidation sites excluding steroid dienone is 8. The van der Waals surface area contributed by atoms with Gasteiger partial charge in [-0.25, -0.2) is 4.79 Å². The molecule has 0 aromatic heterocycles. The zero-order chi connectivity index (χ0) is 58.3. The Morgan fingerprint density at radius 2 is 0.713 bits per heavy atom. The van der Waals surface area contributed by atoms with E-state index in [0.29, 0.717) is 23.9 Å². The van der Waals surface area contributed by atoms with Crippen LogP contribution in [0.5, 0.6) is 0 Å². The Labute approximate surface area is 495 Å². The summed E-state index contributed by atoms with van der Waals surface area (Å²) in [6, 6.07) is 0. The minimum Gasteiger partial charge on any atom is -0.477 e. The fourth-order valence-electron chi connectivity index (χ4n) is 10.1. The van der Waals surface area contributed by atoms with E-state index in [9.17, 15) is 19.5 Å². The number of carboxylic acids is 1. The van der Waals surface area contributed by atoms with Crippen LogP contribution >= 0.6 is 0 Å². The van der Waals surface area contributed by atoms with Crippen molar-refractivity contribution in [1.29, 1.82) is 0 Å². The van der Waals surface area contributed by atoms with Crippen LogP contribution in [-0.4, -0.2) is 87.4 Å². The molecule has 0 aliphatic rings. The van der Waals surface area contributed by atoms with Crippen LogP contribution in [0.15, 0.2) is 48.6 Å². The van der Waals surface area contributed by atoms with Gasteiger partial charge in [-0.15, -0.1) is 0 Å². The van der Waals surface area contributed by atoms with E-state index >= 15 is 0 Å². The quantitative estimate of drug-likeness (QED) is 0.0211. The third-order valence-corrected chi connectivity index (χ3v) is 15.3. The normalized spacial score (nSPS) is 13.0. The van der Waals surface area contributed by atoms with E-state index in [-0.39, 0.29) is 32.2 Å². The second-order valence-corrected chi connectivity index (χ2v) is 24.5. The number of carboxylic acid groups (broad SMARTS) is 1. The highest BCUT2D eigenvalue weighted by atomic mass is 16.7. The lowest BCUT2D eigenvalue weighted by Gasteiger charge is -2.25. The Balaban J connectivity index is 3.90. The van der Waals surface area contributed by atoms with Crippen LogP contribution in [0.2, 0.25) is 0 Å². The van der Waals surface area contributed by atoms with Gasteiger partial charge < -0.3 is 28.5 Å². The topological polar surface area (TPSA) is 108 Å². The van der Waals surface area contributed by atoms with Crippen molar-refractivity contribution in [1.82, 2.24) is 0 Å². The van der Waals surface area contributed by atoms with Gasteiger partial charge in [-0.05, 0) is 51.4 Å². The largest absolute Gasteiger partial charge is 0.477 e. The van der Waals surface area contributed by atoms with Crippen LogP contribution in [0, 0.1) is 0 Å². The van der Waals surface area contributed by atoms with Gasteiger partial charge in [0.15, 0.2) is 6.10 Å². The summed E-state index contributed by atoms with van der Waals surface area (Å²) in [4.78, 5) is 37.4. The van der Waals surface area contributed by atoms with Gasteiger partial charge in [0.1, 0.15) is 13.2 Å². The summed E-state index contributed by atoms with van der Waals surface area (Å²) >= 11 is 0. The summed E-state index contributed by atoms with van der Waals surface area (Å²) in [6.07, 6.45) is 77.1. The van der Waals surface area contributed by atoms with Gasteiger partial charge in [-0.2, -0.15) is 0 Å². The molecule has 0 saturated carbocycles. The minimum atomic E-state index is -1.52. The second kappa shape index (κ2) is 62.3. The average Bonchev–Trinajstić information content (AvgIpc) is 3.43. The summed E-state index contributed by atoms with van der Waals surface area (Å²) in [6.45, 7) is 4.75. The number of unbranched alkanes of at least 4 members (excludes halogenated alkanes) is 41. The number of quaternary nitrogens is 1. The number of nitrogens with zero attached hydrogens (tertiary/aromatic N) is 1. The van der Waals surface area contributed by atoms with Crippen molar-refractivity contribution in [3.05, 3.63) is 48.6 Å². The molecule has 9 heteroatoms. The van der Waals surface area contributed by atoms with Crippen LogP contribution in [0.25, 0.3) is 0 Å². The molecule has 0 spiro atoms. The molecule has 0 fully saturated rings. The first-order valence-electron chi connectivity index (χ1n) is 34.3. The maximum atomic E-state index is 12.8. The number of ether oxygens (including phenoxy) is 4. The van der Waals surface area contributed by atoms with Crippen molar-refractivity contribution in [2.75, 3.05) is 47.5 Å². The maximum Gasteiger partial charge on any atom is 0.361 e. The van der Waals surface area contributed by atoms with Gasteiger partial charge in [-0.1, -0.05) is 313 Å². The van der Waals surface area contributed by atoms with Gasteiger partial charge in [0.25, 0.3) is 6.29 Å². The molecule has 0 aromatic rings. The molecular weight excluding hydrogens is 995 g/mol. The highest BCUT2D eigenvalue weighted by molar-refractivity contribution is 5.71. The summed E-state index contributed by atoms with van der Waals surface area (Å²) < 4.78 is 22.8. The number of hydrogen-bond donors (Lipinski definition) is 1. The molecule has 2 unspecified atom stereocenters. The van der Waals surface area contributed by atoms with E-state index in [4.69, 9.17) is 18.9 Å². The molecule has 0 aliphatic heterocycles. The molecule has 0 saturated heterocycles. The SMILES string of the molecule is CC/C=C\C/C=C\C/C=C\C/C=C\CCCCC(=O)OC(COC(=O)CCCCCCCCCCCCCCCCCCCCCCCCCCCCCCCCCCCCCCCCCC)COC(OCC[N+](C)(C)C)C(=O)O. The molecule has 0 aliphatic carbocycles. The molecule has 9 nitrogen and oxygen atoms in total. The van der Waals surface area contributed by atoms with E-state index in [1.807, 2.05) is 21.1 Å². The maximum absolute atomic E-state index is 12.8. The molecular formula is C71H132NO8+. The molecule has 80 heavy (non-hydrogen) atoms. The van der Waals surface area contributed by atoms with E-state index in [1.165, 1.54) is 238 Å². The monoisotopic (exact) mass is 1130 g/mol. The van der Waals surface area contributed by atoms with Crippen LogP contribution in [0.4, 0.5) is 0 Å². The number of aliphatic carboxylic acids is 1. The molecule has 0 heterocycles. The third kappa shape index (κ3) is 62.8. The van der Waals surface area contributed by atoms with Crippen molar-refractivity contribution >= 4 is 17.9 Å². The van der Waals surface area contributed by atoms with Crippen molar-refractivity contribution in [3.63, 3.8) is 0 Å². The highest BCUT2D eigenvalue weighted by Gasteiger charge is 2.25. The number of carbonyl (C=O) groups is 3. The zero-order valence-corrected chi connectivity index (χ0v) is 53.5. The predicted octanol–water partition coefficient (Wildman–Crippen LogP) is 21.0. The molecule has 2 atom stereocenters. The molecule has 0 amide bonds. The van der Waals surface area contributed by atoms with Gasteiger partial charge in [-0.3, -0.25) is 9.59 Å². The number of likely N-dealkylation sites (N-methyl/N-ethyl adjacent to an activating group) is 1. The summed E-state index contributed by atoms with van der Waals surface area (Å²) in [5, 5.41) is 9.70. The van der Waals surface area contributed by atoms with Gasteiger partial charge >= 0.3 is 17.9 Å². The Morgan fingerprint density at radius 1 is 0.388 bits per heavy atom. The molecule has 468 valence electrons. The Bertz CT molecular complexity index is 1450. The fourth-order valence-corrected chi connectivity index (χ4v) is 10.1. The Hall–Kier alpha value is -2.75. The predicted molar refractivity (Wildman–Crippen MR) is 341 cm³/mol. The van der Waals surface area contributed by atoms with Crippen LogP contribution < -0.4 is 0 Å². The van der Waals surface area contributed by atoms with Crippen molar-refractivity contribution in [3.8, 4) is 0 Å². The molecule has 0 aromatic carbocycles. The van der Waals surface area contributed by atoms with E-state index in [1.54, 1.807) is 0 Å². The summed E-state index contributed by atoms with van der Waals surface area (Å²) in [5.41, 5.74) is 0. The first-order valence-corrected chi connectivity index (χ1v) is 34.3. The summed E-state index contributed by atoms with van der Waals surface area (Å²) in [5.74, 6) is -2.05. The van der Waals surface area contributed by atoms with Gasteiger partial charge in [0.05, 0.1) is 34.4 Å². The number of esters is 2. The first kappa shape index (κ1) is 77.2. The van der Waals surface area contributed by atoms with E-state index < -0.39 is 24.3 Å². The van der Waals surface area contributed by atoms with Crippen molar-refractivity contribution in [2.24, 2.45) is 0 Å². The number of carbonyl (C=O) groups excluding carboxylic acids is 2. The molecule has 0 radical (unpaired) electrons. The zero-order valence-electron chi connectivity index (χ0n) is 53.5. The van der Waals surface area contributed by atoms with E-state index in [0.717, 1.165) is 57.8 Å². The Kier molecular flexibility index (Phi) is 60.2. The van der Waals surface area contributed by atoms with Crippen LogP contribution in [0.3, 0.4) is 0 Å². The fraction of sp³-hybridized carbons (Fsp3) is 0.845. The minimum absolute atomic E-state index is 0.180. The van der Waals surface area contributed by atoms with Crippen molar-refractivity contribution in [2.45, 2.75) is 341 Å². The first-order chi connectivity index (χ1) is 39.1. The Morgan fingerprint density at radius 3 is 1.06 bits per heavy atom. The molecule has 0 rings (SSSR count). The standard InChI is InChI=1S/C71H131NO8/c1-6-8-10-12-14-16-18-20-22-23-24-25-26-27-28-29-30-31-32-33-34-35-36-37-38-39-40-41-42-43-44-45-46-48-49-51-53-55-57-59-61-68(73)78-65-67(66-79-71(70(75)76)77-64-63-72(3,4)5)80-69(74)62-60-58-56-54-52-50-47-21-19-17-15-13-11-9-7-2/h9,11,15,17,21,47,52,54,67,71H,6-8,10,12-14,16,18-20,22-46,48-51,53,55-66H2,1-5H3/p+1/b11-9-,17-15-,47-21-,54-52-. The number of hydrogen-bond acceptors (Lipinski definition) is 7. The van der Waals surface area contributed by atoms with Gasteiger partial charge in [0.2, 0.25) is 0 Å². The highest BCUT2D eigenvalue weighted by Crippen LogP contribution is 2.19. The van der Waals surface area contributed by atoms with Gasteiger partial charge in [0, 0.05) is 12.8 Å². The lowest BCUT2D eigenvalue weighted by atomic mass is 10.0. The second-order valence-electron chi connectivity index (χ2n) is 24.5. The third-order valence-electron chi connectivity index (χ3n) is 15.3. The lowest BCUT2D eigenvalue weighted by molar-refractivity contribution is -0.870. The average molecular weight is 1130 g/mol. The van der Waals surface area contributed by atoms with E-state index in [2.05, 4.69) is 62.5 Å². The van der Waals surface area contributed by atoms with Crippen LogP contribution in [-0.2, 0) is 33.3 Å².